The van der Waals surface area contributed by atoms with Crippen LogP contribution >= 0.6 is 0 Å². The highest BCUT2D eigenvalue weighted by Crippen LogP contribution is 2.45. The van der Waals surface area contributed by atoms with Crippen LogP contribution in [0.25, 0.3) is 0 Å². The first kappa shape index (κ1) is 9.75. The van der Waals surface area contributed by atoms with E-state index in [1.807, 2.05) is 13.0 Å². The van der Waals surface area contributed by atoms with E-state index in [0.717, 1.165) is 5.57 Å². The van der Waals surface area contributed by atoms with Crippen molar-refractivity contribution in [2.45, 2.75) is 51.6 Å². The molecule has 1 saturated carbocycles. The van der Waals surface area contributed by atoms with Gasteiger partial charge in [-0.1, -0.05) is 25.3 Å². The van der Waals surface area contributed by atoms with Gasteiger partial charge in [0.15, 0.2) is 0 Å². The predicted octanol–water partition coefficient (Wildman–Crippen LogP) is 2.83. The topological polar surface area (TPSA) is 26.3 Å². The van der Waals surface area contributed by atoms with Gasteiger partial charge in [0.1, 0.15) is 5.60 Å². The first-order chi connectivity index (χ1) is 6.68. The lowest BCUT2D eigenvalue weighted by Gasteiger charge is -2.46. The summed E-state index contributed by atoms with van der Waals surface area (Å²) >= 11 is 0. The first-order valence-electron chi connectivity index (χ1n) is 5.58. The number of hydrogen-bond donors (Lipinski definition) is 0. The summed E-state index contributed by atoms with van der Waals surface area (Å²) in [4.78, 5) is 11.2. The van der Waals surface area contributed by atoms with E-state index in [0.29, 0.717) is 5.92 Å². The molecule has 2 aliphatic rings. The molecule has 0 bridgehead atoms. The Labute approximate surface area is 85.3 Å². The smallest absolute Gasteiger partial charge is 0.338 e. The second-order valence-electron chi connectivity index (χ2n) is 4.53. The van der Waals surface area contributed by atoms with Crippen molar-refractivity contribution in [1.82, 2.24) is 0 Å². The number of allylic oxidation sites excluding steroid dienone is 1. The minimum Gasteiger partial charge on any atom is -0.450 e. The van der Waals surface area contributed by atoms with E-state index in [-0.39, 0.29) is 11.6 Å². The predicted molar refractivity (Wildman–Crippen MR) is 54.8 cm³/mol. The highest BCUT2D eigenvalue weighted by Gasteiger charge is 2.52. The molecule has 0 radical (unpaired) electrons. The first-order valence-corrected chi connectivity index (χ1v) is 5.58. The normalized spacial score (nSPS) is 36.7. The Morgan fingerprint density at radius 1 is 1.36 bits per heavy atom. The summed E-state index contributed by atoms with van der Waals surface area (Å²) in [5.41, 5.74) is 0.635. The number of ether oxygens (including phenoxy) is 1. The average molecular weight is 194 g/mol. The summed E-state index contributed by atoms with van der Waals surface area (Å²) in [6, 6.07) is 0. The number of carbonyl (C=O) groups excluding carboxylic acids is 1. The van der Waals surface area contributed by atoms with Crippen molar-refractivity contribution in [3.8, 4) is 0 Å². The number of esters is 1. The molecule has 0 N–H and O–H groups in total. The molecule has 2 nitrogen and oxygen atoms in total. The molecule has 0 aromatic carbocycles. The van der Waals surface area contributed by atoms with Crippen molar-refractivity contribution >= 4 is 5.97 Å². The van der Waals surface area contributed by atoms with Crippen LogP contribution in [0.5, 0.6) is 0 Å². The minimum absolute atomic E-state index is 0.111. The molecule has 2 heteroatoms. The van der Waals surface area contributed by atoms with Gasteiger partial charge in [-0.3, -0.25) is 0 Å². The van der Waals surface area contributed by atoms with Gasteiger partial charge in [0.05, 0.1) is 5.57 Å². The zero-order chi connectivity index (χ0) is 10.2. The third-order valence-corrected chi connectivity index (χ3v) is 3.73. The third kappa shape index (κ3) is 1.28. The molecule has 0 amide bonds. The van der Waals surface area contributed by atoms with Crippen molar-refractivity contribution in [2.75, 3.05) is 0 Å². The maximum Gasteiger partial charge on any atom is 0.338 e. The quantitative estimate of drug-likeness (QED) is 0.474. The third-order valence-electron chi connectivity index (χ3n) is 3.73. The van der Waals surface area contributed by atoms with Gasteiger partial charge in [-0.2, -0.15) is 0 Å². The maximum absolute atomic E-state index is 11.2. The van der Waals surface area contributed by atoms with Crippen LogP contribution in [0, 0.1) is 5.92 Å². The molecule has 2 fully saturated rings. The molecule has 78 valence electrons. The van der Waals surface area contributed by atoms with Gasteiger partial charge < -0.3 is 4.74 Å². The molecular weight excluding hydrogens is 176 g/mol. The molecule has 0 spiro atoms. The van der Waals surface area contributed by atoms with Crippen LogP contribution in [-0.2, 0) is 9.53 Å². The molecule has 1 saturated heterocycles. The lowest BCUT2D eigenvalue weighted by atomic mass is 9.71. The van der Waals surface area contributed by atoms with Crippen molar-refractivity contribution in [2.24, 2.45) is 5.92 Å². The minimum atomic E-state index is -0.258. The molecule has 0 aromatic rings. The second kappa shape index (κ2) is 3.41. The van der Waals surface area contributed by atoms with Crippen molar-refractivity contribution in [1.29, 1.82) is 0 Å². The van der Waals surface area contributed by atoms with Crippen molar-refractivity contribution in [3.63, 3.8) is 0 Å². The number of carbonyl (C=O) groups is 1. The standard InChI is InChI=1S/C12H18O2/c1-3-10-11(13)14-12(10,2)9-7-5-4-6-8-9/h3,9H,4-8H2,1-2H3/b10-3+/t12-/m0/s1. The van der Waals surface area contributed by atoms with Gasteiger partial charge in [-0.15, -0.1) is 0 Å². The molecule has 1 atom stereocenters. The highest BCUT2D eigenvalue weighted by molar-refractivity contribution is 5.97. The van der Waals surface area contributed by atoms with Crippen molar-refractivity contribution in [3.05, 3.63) is 11.6 Å². The highest BCUT2D eigenvalue weighted by atomic mass is 16.6. The van der Waals surface area contributed by atoms with E-state index < -0.39 is 0 Å². The maximum atomic E-state index is 11.2. The summed E-state index contributed by atoms with van der Waals surface area (Å²) in [5, 5.41) is 0. The van der Waals surface area contributed by atoms with Crippen molar-refractivity contribution < 1.29 is 9.53 Å². The lowest BCUT2D eigenvalue weighted by Crippen LogP contribution is -2.53. The average Bonchev–Trinajstić information content (AvgIpc) is 2.19. The number of rotatable bonds is 1. The molecule has 0 unspecified atom stereocenters. The Kier molecular flexibility index (Phi) is 2.38. The zero-order valence-electron chi connectivity index (χ0n) is 9.01. The summed E-state index contributed by atoms with van der Waals surface area (Å²) in [7, 11) is 0. The van der Waals surface area contributed by atoms with E-state index in [2.05, 4.69) is 6.92 Å². The molecule has 0 aromatic heterocycles. The molecule has 1 heterocycles. The summed E-state index contributed by atoms with van der Waals surface area (Å²) in [6.45, 7) is 4.00. The van der Waals surface area contributed by atoms with Crippen LogP contribution < -0.4 is 0 Å². The monoisotopic (exact) mass is 194 g/mol. The fourth-order valence-corrected chi connectivity index (χ4v) is 2.82. The van der Waals surface area contributed by atoms with Crippen LogP contribution in [0.4, 0.5) is 0 Å². The SMILES string of the molecule is C/C=C1\C(=O)O[C@@]1(C)C1CCCCC1. The van der Waals surface area contributed by atoms with Crippen LogP contribution in [0.3, 0.4) is 0 Å². The van der Waals surface area contributed by atoms with Crippen LogP contribution in [-0.4, -0.2) is 11.6 Å². The number of cyclic esters (lactones) is 1. The van der Waals surface area contributed by atoms with E-state index in [4.69, 9.17) is 4.74 Å². The van der Waals surface area contributed by atoms with E-state index in [1.54, 1.807) is 0 Å². The van der Waals surface area contributed by atoms with Gasteiger partial charge in [0, 0.05) is 5.92 Å². The molecule has 14 heavy (non-hydrogen) atoms. The van der Waals surface area contributed by atoms with E-state index >= 15 is 0 Å². The van der Waals surface area contributed by atoms with Crippen LogP contribution in [0.2, 0.25) is 0 Å². The second-order valence-corrected chi connectivity index (χ2v) is 4.53. The summed E-state index contributed by atoms with van der Waals surface area (Å²) in [6.07, 6.45) is 8.25. The van der Waals surface area contributed by atoms with Gasteiger partial charge in [0.25, 0.3) is 0 Å². The Morgan fingerprint density at radius 3 is 2.50 bits per heavy atom. The molecule has 2 rings (SSSR count). The van der Waals surface area contributed by atoms with Gasteiger partial charge in [-0.05, 0) is 26.7 Å². The van der Waals surface area contributed by atoms with Crippen LogP contribution in [0.1, 0.15) is 46.0 Å². The van der Waals surface area contributed by atoms with Gasteiger partial charge in [-0.25, -0.2) is 4.79 Å². The van der Waals surface area contributed by atoms with E-state index in [1.165, 1.54) is 32.1 Å². The fourth-order valence-electron chi connectivity index (χ4n) is 2.82. The zero-order valence-corrected chi connectivity index (χ0v) is 9.01. The van der Waals surface area contributed by atoms with E-state index in [9.17, 15) is 4.79 Å². The number of hydrogen-bond acceptors (Lipinski definition) is 2. The molecule has 1 aliphatic carbocycles. The Balaban J connectivity index is 2.12. The van der Waals surface area contributed by atoms with Crippen LogP contribution in [0.15, 0.2) is 11.6 Å². The summed E-state index contributed by atoms with van der Waals surface area (Å²) in [5.74, 6) is 0.445. The fraction of sp³-hybridized carbons (Fsp3) is 0.750. The Morgan fingerprint density at radius 2 is 2.00 bits per heavy atom. The molecular formula is C12H18O2. The van der Waals surface area contributed by atoms with Gasteiger partial charge in [0.2, 0.25) is 0 Å². The lowest BCUT2D eigenvalue weighted by molar-refractivity contribution is -0.178. The Bertz CT molecular complexity index is 274. The molecule has 1 aliphatic heterocycles. The summed E-state index contributed by atoms with van der Waals surface area (Å²) < 4.78 is 5.36. The Hall–Kier alpha value is -0.790. The van der Waals surface area contributed by atoms with Gasteiger partial charge >= 0.3 is 5.97 Å². The largest absolute Gasteiger partial charge is 0.450 e.